The first-order valence-corrected chi connectivity index (χ1v) is 5.45. The van der Waals surface area contributed by atoms with Crippen LogP contribution in [0.4, 0.5) is 11.6 Å². The van der Waals surface area contributed by atoms with Crippen LogP contribution in [0.2, 0.25) is 0 Å². The number of hydrogen-bond acceptors (Lipinski definition) is 4. The summed E-state index contributed by atoms with van der Waals surface area (Å²) in [6.45, 7) is 1.26. The van der Waals surface area contributed by atoms with Crippen molar-refractivity contribution in [1.29, 1.82) is 0 Å². The molecule has 2 aromatic rings. The van der Waals surface area contributed by atoms with Crippen molar-refractivity contribution >= 4 is 11.6 Å². The number of benzene rings is 1. The quantitative estimate of drug-likeness (QED) is 0.605. The lowest BCUT2D eigenvalue weighted by Crippen LogP contribution is -2.13. The maximum atomic E-state index is 5.65. The van der Waals surface area contributed by atoms with E-state index in [0.717, 1.165) is 11.7 Å². The van der Waals surface area contributed by atoms with Crippen LogP contribution in [-0.2, 0) is 7.05 Å². The molecule has 1 aromatic carbocycles. The van der Waals surface area contributed by atoms with Crippen molar-refractivity contribution < 1.29 is 4.74 Å². The standard InChI is InChI=1S/C12H16N4O/c1-16-7-5-14-12(16)15-6-8-17-11-4-2-3-10(13)9-11/h2-5,7,9H,6,8,13H2,1H3,(H,14,15). The molecule has 0 unspecified atom stereocenters. The molecule has 1 aromatic heterocycles. The zero-order chi connectivity index (χ0) is 12.1. The largest absolute Gasteiger partial charge is 0.492 e. The second-order valence-corrected chi connectivity index (χ2v) is 3.71. The molecule has 0 aliphatic rings. The Bertz CT molecular complexity index is 481. The van der Waals surface area contributed by atoms with Gasteiger partial charge in [-0.1, -0.05) is 6.07 Å². The predicted octanol–water partition coefficient (Wildman–Crippen LogP) is 1.49. The summed E-state index contributed by atoms with van der Waals surface area (Å²) in [7, 11) is 1.94. The molecule has 0 atom stereocenters. The summed E-state index contributed by atoms with van der Waals surface area (Å²) in [5.74, 6) is 1.62. The van der Waals surface area contributed by atoms with E-state index in [1.807, 2.05) is 36.0 Å². The normalized spacial score (nSPS) is 10.2. The summed E-state index contributed by atoms with van der Waals surface area (Å²) in [4.78, 5) is 4.15. The second kappa shape index (κ2) is 5.25. The average molecular weight is 232 g/mol. The number of rotatable bonds is 5. The fourth-order valence-electron chi connectivity index (χ4n) is 1.47. The summed E-state index contributed by atoms with van der Waals surface area (Å²) in [5.41, 5.74) is 6.36. The lowest BCUT2D eigenvalue weighted by Gasteiger charge is -2.08. The molecular formula is C12H16N4O. The van der Waals surface area contributed by atoms with E-state index in [4.69, 9.17) is 10.5 Å². The number of imidazole rings is 1. The number of nitrogen functional groups attached to an aromatic ring is 1. The summed E-state index contributed by atoms with van der Waals surface area (Å²) in [6, 6.07) is 7.40. The summed E-state index contributed by atoms with van der Waals surface area (Å²) in [6.07, 6.45) is 3.64. The first kappa shape index (κ1) is 11.3. The summed E-state index contributed by atoms with van der Waals surface area (Å²) >= 11 is 0. The van der Waals surface area contributed by atoms with Gasteiger partial charge in [0.25, 0.3) is 0 Å². The van der Waals surface area contributed by atoms with Gasteiger partial charge in [0.05, 0.1) is 6.54 Å². The zero-order valence-corrected chi connectivity index (χ0v) is 9.76. The SMILES string of the molecule is Cn1ccnc1NCCOc1cccc(N)c1. The van der Waals surface area contributed by atoms with Crippen LogP contribution in [0.3, 0.4) is 0 Å². The molecule has 0 bridgehead atoms. The highest BCUT2D eigenvalue weighted by Crippen LogP contribution is 2.14. The molecule has 0 fully saturated rings. The van der Waals surface area contributed by atoms with Gasteiger partial charge in [-0.15, -0.1) is 0 Å². The highest BCUT2D eigenvalue weighted by atomic mass is 16.5. The van der Waals surface area contributed by atoms with Crippen LogP contribution >= 0.6 is 0 Å². The lowest BCUT2D eigenvalue weighted by atomic mass is 10.3. The molecule has 3 N–H and O–H groups in total. The van der Waals surface area contributed by atoms with Crippen molar-refractivity contribution in [2.75, 3.05) is 24.2 Å². The molecule has 0 radical (unpaired) electrons. The molecule has 0 amide bonds. The van der Waals surface area contributed by atoms with Crippen molar-refractivity contribution in [2.45, 2.75) is 0 Å². The Balaban J connectivity index is 1.75. The van der Waals surface area contributed by atoms with E-state index >= 15 is 0 Å². The Kier molecular flexibility index (Phi) is 3.49. The Morgan fingerprint density at radius 1 is 1.47 bits per heavy atom. The van der Waals surface area contributed by atoms with Gasteiger partial charge >= 0.3 is 0 Å². The van der Waals surface area contributed by atoms with E-state index in [-0.39, 0.29) is 0 Å². The summed E-state index contributed by atoms with van der Waals surface area (Å²) in [5, 5.41) is 3.17. The van der Waals surface area contributed by atoms with Gasteiger partial charge in [-0.05, 0) is 12.1 Å². The van der Waals surface area contributed by atoms with Crippen molar-refractivity contribution in [3.8, 4) is 5.75 Å². The Hall–Kier alpha value is -2.17. The maximum Gasteiger partial charge on any atom is 0.202 e. The molecule has 1 heterocycles. The van der Waals surface area contributed by atoms with Crippen LogP contribution in [0.15, 0.2) is 36.7 Å². The van der Waals surface area contributed by atoms with Crippen molar-refractivity contribution in [1.82, 2.24) is 9.55 Å². The molecule has 5 nitrogen and oxygen atoms in total. The van der Waals surface area contributed by atoms with Crippen LogP contribution in [0.25, 0.3) is 0 Å². The molecule has 0 spiro atoms. The minimum Gasteiger partial charge on any atom is -0.492 e. The highest BCUT2D eigenvalue weighted by molar-refractivity contribution is 5.43. The maximum absolute atomic E-state index is 5.65. The number of ether oxygens (including phenoxy) is 1. The fourth-order valence-corrected chi connectivity index (χ4v) is 1.47. The molecule has 5 heteroatoms. The number of anilines is 2. The molecule has 17 heavy (non-hydrogen) atoms. The monoisotopic (exact) mass is 232 g/mol. The number of hydrogen-bond donors (Lipinski definition) is 2. The molecular weight excluding hydrogens is 216 g/mol. The number of nitrogens with one attached hydrogen (secondary N) is 1. The minimum absolute atomic E-state index is 0.566. The third kappa shape index (κ3) is 3.14. The third-order valence-corrected chi connectivity index (χ3v) is 2.33. The molecule has 0 saturated heterocycles. The second-order valence-electron chi connectivity index (χ2n) is 3.71. The molecule has 0 aliphatic carbocycles. The lowest BCUT2D eigenvalue weighted by molar-refractivity contribution is 0.332. The number of aryl methyl sites for hydroxylation is 1. The van der Waals surface area contributed by atoms with Gasteiger partial charge in [0.15, 0.2) is 0 Å². The van der Waals surface area contributed by atoms with E-state index < -0.39 is 0 Å². The van der Waals surface area contributed by atoms with Crippen LogP contribution < -0.4 is 15.8 Å². The van der Waals surface area contributed by atoms with E-state index in [0.29, 0.717) is 18.8 Å². The first-order chi connectivity index (χ1) is 8.25. The zero-order valence-electron chi connectivity index (χ0n) is 9.76. The van der Waals surface area contributed by atoms with E-state index in [2.05, 4.69) is 10.3 Å². The number of nitrogens with two attached hydrogens (primary N) is 1. The Morgan fingerprint density at radius 3 is 3.06 bits per heavy atom. The Labute approximate surface area is 100 Å². The van der Waals surface area contributed by atoms with Gasteiger partial charge in [-0.25, -0.2) is 4.98 Å². The summed E-state index contributed by atoms with van der Waals surface area (Å²) < 4.78 is 7.46. The van der Waals surface area contributed by atoms with Crippen LogP contribution in [0, 0.1) is 0 Å². The van der Waals surface area contributed by atoms with Crippen LogP contribution in [0.5, 0.6) is 5.75 Å². The Morgan fingerprint density at radius 2 is 2.35 bits per heavy atom. The van der Waals surface area contributed by atoms with Gasteiger partial charge in [-0.3, -0.25) is 0 Å². The minimum atomic E-state index is 0.566. The molecule has 0 aliphatic heterocycles. The van der Waals surface area contributed by atoms with Gasteiger partial charge in [-0.2, -0.15) is 0 Å². The molecule has 0 saturated carbocycles. The van der Waals surface area contributed by atoms with Gasteiger partial charge in [0, 0.05) is 31.2 Å². The van der Waals surface area contributed by atoms with Gasteiger partial charge in [0.1, 0.15) is 12.4 Å². The first-order valence-electron chi connectivity index (χ1n) is 5.45. The molecule has 90 valence electrons. The number of nitrogens with zero attached hydrogens (tertiary/aromatic N) is 2. The van der Waals surface area contributed by atoms with Crippen LogP contribution in [-0.4, -0.2) is 22.7 Å². The topological polar surface area (TPSA) is 65.1 Å². The fraction of sp³-hybridized carbons (Fsp3) is 0.250. The van der Waals surface area contributed by atoms with Crippen molar-refractivity contribution in [3.63, 3.8) is 0 Å². The van der Waals surface area contributed by atoms with E-state index in [9.17, 15) is 0 Å². The number of aromatic nitrogens is 2. The average Bonchev–Trinajstić information content (AvgIpc) is 2.71. The van der Waals surface area contributed by atoms with E-state index in [1.54, 1.807) is 12.3 Å². The predicted molar refractivity (Wildman–Crippen MR) is 68.0 cm³/mol. The molecule has 2 rings (SSSR count). The van der Waals surface area contributed by atoms with E-state index in [1.165, 1.54) is 0 Å². The third-order valence-electron chi connectivity index (χ3n) is 2.33. The van der Waals surface area contributed by atoms with Crippen molar-refractivity contribution in [3.05, 3.63) is 36.7 Å². The van der Waals surface area contributed by atoms with Crippen LogP contribution in [0.1, 0.15) is 0 Å². The smallest absolute Gasteiger partial charge is 0.202 e. The van der Waals surface area contributed by atoms with Gasteiger partial charge < -0.3 is 20.4 Å². The van der Waals surface area contributed by atoms with Crippen molar-refractivity contribution in [2.24, 2.45) is 7.05 Å². The van der Waals surface area contributed by atoms with Gasteiger partial charge in [0.2, 0.25) is 5.95 Å². The highest BCUT2D eigenvalue weighted by Gasteiger charge is 1.97.